The highest BCUT2D eigenvalue weighted by Gasteiger charge is 2.13. The molecule has 0 saturated heterocycles. The smallest absolute Gasteiger partial charge is 0.152 e. The number of fused-ring (bicyclic) bond motifs is 1. The molecule has 0 aliphatic heterocycles. The van der Waals surface area contributed by atoms with Crippen molar-refractivity contribution in [1.29, 1.82) is 0 Å². The fourth-order valence-corrected chi connectivity index (χ4v) is 1.77. The van der Waals surface area contributed by atoms with Crippen LogP contribution in [0.15, 0.2) is 21.7 Å². The molecule has 1 heterocycles. The number of nitrogens with zero attached hydrogens (tertiary/aromatic N) is 2. The van der Waals surface area contributed by atoms with Gasteiger partial charge in [-0.1, -0.05) is 6.07 Å². The SMILES string of the molecule is Cc1ccc(S(=O)(=O)[O-])c2nonc12. The molecule has 2 aromatic rings. The van der Waals surface area contributed by atoms with Gasteiger partial charge in [0.05, 0.1) is 4.90 Å². The Bertz CT molecular complexity index is 587. The first-order chi connectivity index (χ1) is 6.50. The molecule has 1 aromatic carbocycles. The molecule has 74 valence electrons. The van der Waals surface area contributed by atoms with Crippen LogP contribution >= 0.6 is 0 Å². The van der Waals surface area contributed by atoms with Gasteiger partial charge in [0.25, 0.3) is 0 Å². The molecule has 0 bridgehead atoms. The van der Waals surface area contributed by atoms with E-state index in [-0.39, 0.29) is 5.52 Å². The van der Waals surface area contributed by atoms with Crippen LogP contribution in [0.25, 0.3) is 11.0 Å². The van der Waals surface area contributed by atoms with Crippen LogP contribution in [0.3, 0.4) is 0 Å². The van der Waals surface area contributed by atoms with Gasteiger partial charge in [0.15, 0.2) is 5.52 Å². The standard InChI is InChI=1S/C7H6N2O4S/c1-4-2-3-5(14(10,11)12)7-6(4)8-13-9-7/h2-3H,1H3,(H,10,11,12)/p-1. The van der Waals surface area contributed by atoms with Crippen molar-refractivity contribution in [3.05, 3.63) is 17.7 Å². The molecule has 7 heteroatoms. The highest BCUT2D eigenvalue weighted by molar-refractivity contribution is 7.86. The van der Waals surface area contributed by atoms with E-state index in [9.17, 15) is 13.0 Å². The van der Waals surface area contributed by atoms with Gasteiger partial charge in [0.1, 0.15) is 15.6 Å². The lowest BCUT2D eigenvalue weighted by atomic mass is 10.2. The lowest BCUT2D eigenvalue weighted by molar-refractivity contribution is 0.314. The van der Waals surface area contributed by atoms with Gasteiger partial charge in [-0.05, 0) is 28.9 Å². The van der Waals surface area contributed by atoms with Gasteiger partial charge in [0.2, 0.25) is 0 Å². The summed E-state index contributed by atoms with van der Waals surface area (Å²) < 4.78 is 36.8. The highest BCUT2D eigenvalue weighted by atomic mass is 32.2. The highest BCUT2D eigenvalue weighted by Crippen LogP contribution is 2.22. The van der Waals surface area contributed by atoms with E-state index in [1.54, 1.807) is 6.92 Å². The van der Waals surface area contributed by atoms with Gasteiger partial charge in [-0.3, -0.25) is 0 Å². The molecule has 2 rings (SSSR count). The minimum Gasteiger partial charge on any atom is -0.744 e. The summed E-state index contributed by atoms with van der Waals surface area (Å²) in [5.41, 5.74) is 0.982. The Morgan fingerprint density at radius 1 is 1.29 bits per heavy atom. The van der Waals surface area contributed by atoms with Crippen LogP contribution in [-0.4, -0.2) is 23.3 Å². The summed E-state index contributed by atoms with van der Waals surface area (Å²) in [7, 11) is -4.53. The van der Waals surface area contributed by atoms with Gasteiger partial charge in [-0.15, -0.1) is 0 Å². The van der Waals surface area contributed by atoms with Gasteiger partial charge < -0.3 is 4.55 Å². The molecule has 0 radical (unpaired) electrons. The monoisotopic (exact) mass is 213 g/mol. The second-order valence-electron chi connectivity index (χ2n) is 2.80. The van der Waals surface area contributed by atoms with E-state index in [2.05, 4.69) is 14.9 Å². The number of hydrogen-bond donors (Lipinski definition) is 0. The van der Waals surface area contributed by atoms with E-state index in [4.69, 9.17) is 0 Å². The Kier molecular flexibility index (Phi) is 1.79. The zero-order valence-electron chi connectivity index (χ0n) is 7.09. The van der Waals surface area contributed by atoms with Crippen molar-refractivity contribution in [2.75, 3.05) is 0 Å². The van der Waals surface area contributed by atoms with Crippen LogP contribution in [-0.2, 0) is 10.1 Å². The molecule has 0 amide bonds. The fraction of sp³-hybridized carbons (Fsp3) is 0.143. The van der Waals surface area contributed by atoms with Crippen molar-refractivity contribution >= 4 is 21.2 Å². The molecular formula is C7H5N2O4S-. The maximum absolute atomic E-state index is 10.8. The maximum Gasteiger partial charge on any atom is 0.152 e. The first-order valence-corrected chi connectivity index (χ1v) is 5.09. The third-order valence-corrected chi connectivity index (χ3v) is 2.72. The topological polar surface area (TPSA) is 96.1 Å². The van der Waals surface area contributed by atoms with Gasteiger partial charge in [0, 0.05) is 0 Å². The molecule has 0 unspecified atom stereocenters. The Labute approximate surface area is 79.2 Å². The zero-order valence-corrected chi connectivity index (χ0v) is 7.91. The van der Waals surface area contributed by atoms with Gasteiger partial charge in [-0.2, -0.15) is 0 Å². The summed E-state index contributed by atoms with van der Waals surface area (Å²) in [6.07, 6.45) is 0. The van der Waals surface area contributed by atoms with Crippen LogP contribution in [0.4, 0.5) is 0 Å². The largest absolute Gasteiger partial charge is 0.744 e. The second kappa shape index (κ2) is 2.76. The van der Waals surface area contributed by atoms with Crippen LogP contribution in [0.2, 0.25) is 0 Å². The molecule has 0 fully saturated rings. The normalized spacial score (nSPS) is 12.1. The molecular weight excluding hydrogens is 208 g/mol. The summed E-state index contributed by atoms with van der Waals surface area (Å²) in [4.78, 5) is -0.403. The van der Waals surface area contributed by atoms with Crippen molar-refractivity contribution in [3.8, 4) is 0 Å². The van der Waals surface area contributed by atoms with E-state index in [0.717, 1.165) is 0 Å². The van der Waals surface area contributed by atoms with E-state index < -0.39 is 15.0 Å². The Morgan fingerprint density at radius 3 is 2.57 bits per heavy atom. The molecule has 0 aliphatic carbocycles. The van der Waals surface area contributed by atoms with Crippen LogP contribution in [0, 0.1) is 6.92 Å². The number of hydrogen-bond acceptors (Lipinski definition) is 6. The van der Waals surface area contributed by atoms with E-state index >= 15 is 0 Å². The molecule has 0 atom stereocenters. The van der Waals surface area contributed by atoms with Crippen molar-refractivity contribution in [1.82, 2.24) is 10.3 Å². The van der Waals surface area contributed by atoms with Crippen molar-refractivity contribution < 1.29 is 17.6 Å². The number of aromatic nitrogens is 2. The fourth-order valence-electron chi connectivity index (χ4n) is 1.17. The molecule has 1 aromatic heterocycles. The molecule has 0 aliphatic rings. The maximum atomic E-state index is 10.8. The number of benzene rings is 1. The van der Waals surface area contributed by atoms with Gasteiger partial charge >= 0.3 is 0 Å². The average Bonchev–Trinajstić information content (AvgIpc) is 2.50. The summed E-state index contributed by atoms with van der Waals surface area (Å²) >= 11 is 0. The van der Waals surface area contributed by atoms with Crippen molar-refractivity contribution in [2.45, 2.75) is 11.8 Å². The van der Waals surface area contributed by atoms with Crippen LogP contribution in [0.5, 0.6) is 0 Å². The predicted molar refractivity (Wildman–Crippen MR) is 44.5 cm³/mol. The first kappa shape index (κ1) is 9.10. The van der Waals surface area contributed by atoms with E-state index in [1.807, 2.05) is 0 Å². The molecule has 14 heavy (non-hydrogen) atoms. The Morgan fingerprint density at radius 2 is 1.93 bits per heavy atom. The zero-order chi connectivity index (χ0) is 10.3. The molecule has 6 nitrogen and oxygen atoms in total. The lowest BCUT2D eigenvalue weighted by Crippen LogP contribution is -1.99. The minimum atomic E-state index is -4.53. The summed E-state index contributed by atoms with van der Waals surface area (Å²) in [6, 6.07) is 2.68. The number of rotatable bonds is 1. The average molecular weight is 213 g/mol. The minimum absolute atomic E-state index is 0.0139. The van der Waals surface area contributed by atoms with E-state index in [1.165, 1.54) is 12.1 Å². The summed E-state index contributed by atoms with van der Waals surface area (Å²) in [6.45, 7) is 1.72. The Balaban J connectivity index is 2.93. The van der Waals surface area contributed by atoms with Gasteiger partial charge in [-0.25, -0.2) is 13.0 Å². The van der Waals surface area contributed by atoms with Crippen molar-refractivity contribution in [3.63, 3.8) is 0 Å². The van der Waals surface area contributed by atoms with Crippen molar-refractivity contribution in [2.24, 2.45) is 0 Å². The molecule has 0 N–H and O–H groups in total. The third-order valence-electron chi connectivity index (χ3n) is 1.85. The Hall–Kier alpha value is -1.47. The van der Waals surface area contributed by atoms with Crippen LogP contribution < -0.4 is 0 Å². The summed E-state index contributed by atoms with van der Waals surface area (Å²) in [5.74, 6) is 0. The summed E-state index contributed by atoms with van der Waals surface area (Å²) in [5, 5.41) is 6.88. The quantitative estimate of drug-likeness (QED) is 0.637. The predicted octanol–water partition coefficient (Wildman–Crippen LogP) is 0.435. The second-order valence-corrected chi connectivity index (χ2v) is 4.14. The first-order valence-electron chi connectivity index (χ1n) is 3.68. The van der Waals surface area contributed by atoms with E-state index in [0.29, 0.717) is 11.1 Å². The number of aryl methyl sites for hydroxylation is 1. The van der Waals surface area contributed by atoms with Crippen LogP contribution in [0.1, 0.15) is 5.56 Å². The molecule has 0 spiro atoms. The lowest BCUT2D eigenvalue weighted by Gasteiger charge is -2.06. The molecule has 0 saturated carbocycles. The third kappa shape index (κ3) is 1.26.